The zero-order valence-corrected chi connectivity index (χ0v) is 15.1. The van der Waals surface area contributed by atoms with Gasteiger partial charge < -0.3 is 10.1 Å². The van der Waals surface area contributed by atoms with E-state index in [0.717, 1.165) is 5.56 Å². The maximum atomic E-state index is 13.7. The molecule has 0 saturated carbocycles. The van der Waals surface area contributed by atoms with Crippen molar-refractivity contribution in [2.24, 2.45) is 0 Å². The molecule has 0 aliphatic rings. The van der Waals surface area contributed by atoms with Gasteiger partial charge in [-0.2, -0.15) is 0 Å². The van der Waals surface area contributed by atoms with Crippen LogP contribution in [0.15, 0.2) is 60.7 Å². The summed E-state index contributed by atoms with van der Waals surface area (Å²) >= 11 is 11.9. The fourth-order valence-corrected chi connectivity index (χ4v) is 2.78. The van der Waals surface area contributed by atoms with Crippen LogP contribution >= 0.6 is 23.2 Å². The molecule has 0 unspecified atom stereocenters. The Kier molecular flexibility index (Phi) is 5.96. The Morgan fingerprint density at radius 2 is 1.65 bits per heavy atom. The van der Waals surface area contributed by atoms with Crippen LogP contribution < -0.4 is 10.1 Å². The van der Waals surface area contributed by atoms with Crippen molar-refractivity contribution in [1.29, 1.82) is 0 Å². The summed E-state index contributed by atoms with van der Waals surface area (Å²) in [6, 6.07) is 16.0. The SMILES string of the molecule is Fc1ccc(NCc2cc(Cl)ccc2OCc2ccccc2F)cc1Cl. The van der Waals surface area contributed by atoms with Gasteiger partial charge in [-0.3, -0.25) is 0 Å². The van der Waals surface area contributed by atoms with Crippen molar-refractivity contribution in [2.45, 2.75) is 13.2 Å². The largest absolute Gasteiger partial charge is 0.488 e. The van der Waals surface area contributed by atoms with Gasteiger partial charge in [-0.05, 0) is 42.5 Å². The summed E-state index contributed by atoms with van der Waals surface area (Å²) in [5.74, 6) is -0.214. The van der Waals surface area contributed by atoms with Crippen molar-refractivity contribution in [3.05, 3.63) is 93.5 Å². The maximum Gasteiger partial charge on any atom is 0.141 e. The zero-order valence-electron chi connectivity index (χ0n) is 13.6. The van der Waals surface area contributed by atoms with Crippen LogP contribution in [0.1, 0.15) is 11.1 Å². The average molecular weight is 394 g/mol. The Balaban J connectivity index is 1.73. The van der Waals surface area contributed by atoms with E-state index in [2.05, 4.69) is 5.32 Å². The number of hydrogen-bond acceptors (Lipinski definition) is 2. The molecule has 0 bridgehead atoms. The Morgan fingerprint density at radius 3 is 2.42 bits per heavy atom. The van der Waals surface area contributed by atoms with Gasteiger partial charge >= 0.3 is 0 Å². The standard InChI is InChI=1S/C20H15Cl2F2NO/c21-15-5-8-20(26-12-13-3-1-2-4-18(13)23)14(9-15)11-25-16-6-7-19(24)17(22)10-16/h1-10,25H,11-12H2. The first-order chi connectivity index (χ1) is 12.5. The monoisotopic (exact) mass is 393 g/mol. The van der Waals surface area contributed by atoms with Gasteiger partial charge in [0.05, 0.1) is 5.02 Å². The summed E-state index contributed by atoms with van der Waals surface area (Å²) in [4.78, 5) is 0. The Bertz CT molecular complexity index is 918. The lowest BCUT2D eigenvalue weighted by Crippen LogP contribution is -2.05. The molecule has 6 heteroatoms. The molecule has 0 aromatic heterocycles. The lowest BCUT2D eigenvalue weighted by molar-refractivity contribution is 0.297. The zero-order chi connectivity index (χ0) is 18.5. The van der Waals surface area contributed by atoms with Crippen molar-refractivity contribution in [3.8, 4) is 5.75 Å². The molecule has 3 aromatic carbocycles. The Labute approximate surface area is 160 Å². The number of hydrogen-bond donors (Lipinski definition) is 1. The highest BCUT2D eigenvalue weighted by molar-refractivity contribution is 6.31. The normalized spacial score (nSPS) is 10.6. The third-order valence-electron chi connectivity index (χ3n) is 3.77. The number of benzene rings is 3. The molecule has 26 heavy (non-hydrogen) atoms. The lowest BCUT2D eigenvalue weighted by Gasteiger charge is -2.14. The molecule has 0 spiro atoms. The lowest BCUT2D eigenvalue weighted by atomic mass is 10.2. The van der Waals surface area contributed by atoms with Crippen molar-refractivity contribution < 1.29 is 13.5 Å². The van der Waals surface area contributed by atoms with Crippen LogP contribution in [0, 0.1) is 11.6 Å². The highest BCUT2D eigenvalue weighted by Gasteiger charge is 2.08. The van der Waals surface area contributed by atoms with Crippen molar-refractivity contribution in [3.63, 3.8) is 0 Å². The van der Waals surface area contributed by atoms with Crippen LogP contribution in [0.3, 0.4) is 0 Å². The molecular formula is C20H15Cl2F2NO. The molecule has 3 aromatic rings. The first-order valence-electron chi connectivity index (χ1n) is 7.86. The molecule has 0 amide bonds. The fourth-order valence-electron chi connectivity index (χ4n) is 2.40. The Morgan fingerprint density at radius 1 is 0.846 bits per heavy atom. The van der Waals surface area contributed by atoms with E-state index >= 15 is 0 Å². The minimum absolute atomic E-state index is 0.0390. The number of halogens is 4. The molecule has 0 saturated heterocycles. The van der Waals surface area contributed by atoms with E-state index in [-0.39, 0.29) is 17.4 Å². The maximum absolute atomic E-state index is 13.7. The molecule has 0 atom stereocenters. The molecule has 0 fully saturated rings. The third-order valence-corrected chi connectivity index (χ3v) is 4.29. The summed E-state index contributed by atoms with van der Waals surface area (Å²) < 4.78 is 32.8. The second-order valence-electron chi connectivity index (χ2n) is 5.61. The van der Waals surface area contributed by atoms with Gasteiger partial charge in [0, 0.05) is 28.4 Å². The van der Waals surface area contributed by atoms with Crippen LogP contribution in [0.2, 0.25) is 10.0 Å². The van der Waals surface area contributed by atoms with Crippen molar-refractivity contribution in [2.75, 3.05) is 5.32 Å². The van der Waals surface area contributed by atoms with Crippen molar-refractivity contribution >= 4 is 28.9 Å². The average Bonchev–Trinajstić information content (AvgIpc) is 2.63. The minimum Gasteiger partial charge on any atom is -0.488 e. The van der Waals surface area contributed by atoms with E-state index in [9.17, 15) is 8.78 Å². The molecule has 0 aliphatic heterocycles. The molecule has 2 nitrogen and oxygen atoms in total. The smallest absolute Gasteiger partial charge is 0.141 e. The third kappa shape index (κ3) is 4.65. The van der Waals surface area contributed by atoms with Crippen molar-refractivity contribution in [1.82, 2.24) is 0 Å². The van der Waals surface area contributed by atoms with Crippen LogP contribution in [-0.4, -0.2) is 0 Å². The summed E-state index contributed by atoms with van der Waals surface area (Å²) in [5.41, 5.74) is 1.91. The van der Waals surface area contributed by atoms with Gasteiger partial charge in [0.2, 0.25) is 0 Å². The molecule has 134 valence electrons. The number of nitrogens with one attached hydrogen (secondary N) is 1. The summed E-state index contributed by atoms with van der Waals surface area (Å²) in [7, 11) is 0. The summed E-state index contributed by atoms with van der Waals surface area (Å²) in [5, 5.41) is 3.73. The predicted molar refractivity (Wildman–Crippen MR) is 101 cm³/mol. The second kappa shape index (κ2) is 8.39. The quantitative estimate of drug-likeness (QED) is 0.518. The van der Waals surface area contributed by atoms with Gasteiger partial charge in [0.15, 0.2) is 0 Å². The van der Waals surface area contributed by atoms with E-state index < -0.39 is 5.82 Å². The van der Waals surface area contributed by atoms with Crippen LogP contribution in [0.5, 0.6) is 5.75 Å². The van der Waals surface area contributed by atoms with E-state index in [1.807, 2.05) is 0 Å². The van der Waals surface area contributed by atoms with Gasteiger partial charge in [0.1, 0.15) is 24.0 Å². The Hall–Kier alpha value is -2.30. The van der Waals surface area contributed by atoms with E-state index in [1.54, 1.807) is 42.5 Å². The number of ether oxygens (including phenoxy) is 1. The molecule has 0 aliphatic carbocycles. The fraction of sp³-hybridized carbons (Fsp3) is 0.100. The highest BCUT2D eigenvalue weighted by atomic mass is 35.5. The van der Waals surface area contributed by atoms with Gasteiger partial charge in [0.25, 0.3) is 0 Å². The molecule has 0 radical (unpaired) electrons. The predicted octanol–water partition coefficient (Wildman–Crippen LogP) is 6.46. The van der Waals surface area contributed by atoms with Crippen LogP contribution in [-0.2, 0) is 13.2 Å². The molecule has 0 heterocycles. The number of rotatable bonds is 6. The molecule has 3 rings (SSSR count). The summed E-state index contributed by atoms with van der Waals surface area (Å²) in [6.07, 6.45) is 0. The van der Waals surface area contributed by atoms with E-state index in [1.165, 1.54) is 18.2 Å². The number of anilines is 1. The van der Waals surface area contributed by atoms with Crippen LogP contribution in [0.25, 0.3) is 0 Å². The van der Waals surface area contributed by atoms with E-state index in [4.69, 9.17) is 27.9 Å². The van der Waals surface area contributed by atoms with Gasteiger partial charge in [-0.15, -0.1) is 0 Å². The highest BCUT2D eigenvalue weighted by Crippen LogP contribution is 2.26. The first kappa shape index (κ1) is 18.5. The van der Waals surface area contributed by atoms with Gasteiger partial charge in [-0.25, -0.2) is 8.78 Å². The van der Waals surface area contributed by atoms with Crippen LogP contribution in [0.4, 0.5) is 14.5 Å². The second-order valence-corrected chi connectivity index (χ2v) is 6.46. The van der Waals surface area contributed by atoms with Gasteiger partial charge in [-0.1, -0.05) is 41.4 Å². The first-order valence-corrected chi connectivity index (χ1v) is 8.62. The minimum atomic E-state index is -0.478. The molecule has 1 N–H and O–H groups in total. The topological polar surface area (TPSA) is 21.3 Å². The molecular weight excluding hydrogens is 379 g/mol. The van der Waals surface area contributed by atoms with E-state index in [0.29, 0.717) is 28.6 Å². The summed E-state index contributed by atoms with van der Waals surface area (Å²) in [6.45, 7) is 0.485.